The highest BCUT2D eigenvalue weighted by atomic mass is 16.6. The molecule has 8 heteroatoms. The summed E-state index contributed by atoms with van der Waals surface area (Å²) in [5, 5.41) is 15.0. The Hall–Kier alpha value is -2.61. The molecule has 1 aromatic rings. The molecule has 2 atom stereocenters. The molecule has 0 radical (unpaired) electrons. The van der Waals surface area contributed by atoms with E-state index < -0.39 is 23.6 Å². The molecule has 174 valence electrons. The summed E-state index contributed by atoms with van der Waals surface area (Å²) in [6, 6.07) is 6.33. The Morgan fingerprint density at radius 3 is 2.39 bits per heavy atom. The molecule has 0 fully saturated rings. The second-order valence-corrected chi connectivity index (χ2v) is 8.62. The molecule has 0 spiro atoms. The number of hydrogen-bond acceptors (Lipinski definition) is 5. The van der Waals surface area contributed by atoms with Crippen molar-refractivity contribution < 1.29 is 24.2 Å². The van der Waals surface area contributed by atoms with Crippen LogP contribution < -0.4 is 10.6 Å². The van der Waals surface area contributed by atoms with Crippen LogP contribution >= 0.6 is 0 Å². The highest BCUT2D eigenvalue weighted by Gasteiger charge is 2.33. The van der Waals surface area contributed by atoms with Crippen molar-refractivity contribution in [1.82, 2.24) is 15.5 Å². The molecule has 1 rings (SSSR count). The third-order valence-corrected chi connectivity index (χ3v) is 4.60. The fraction of sp³-hybridized carbons (Fsp3) is 0.609. The van der Waals surface area contributed by atoms with E-state index in [4.69, 9.17) is 4.74 Å². The van der Waals surface area contributed by atoms with Gasteiger partial charge in [0, 0.05) is 12.6 Å². The summed E-state index contributed by atoms with van der Waals surface area (Å²) in [6.07, 6.45) is 0.994. The third kappa shape index (κ3) is 8.96. The number of nitrogens with one attached hydrogen (secondary N) is 2. The van der Waals surface area contributed by atoms with Crippen molar-refractivity contribution in [3.63, 3.8) is 0 Å². The van der Waals surface area contributed by atoms with Crippen LogP contribution in [0.25, 0.3) is 0 Å². The Kier molecular flexibility index (Phi) is 10.5. The summed E-state index contributed by atoms with van der Waals surface area (Å²) in [6.45, 7) is 10.3. The molecule has 0 aliphatic heterocycles. The first-order chi connectivity index (χ1) is 14.5. The number of nitrogens with zero attached hydrogens (tertiary/aromatic N) is 1. The molecular formula is C23H37N3O5. The van der Waals surface area contributed by atoms with E-state index in [1.165, 1.54) is 4.90 Å². The van der Waals surface area contributed by atoms with Gasteiger partial charge in [-0.05, 0) is 52.2 Å². The van der Waals surface area contributed by atoms with Crippen molar-refractivity contribution in [3.05, 3.63) is 35.4 Å². The number of aliphatic hydroxyl groups is 1. The van der Waals surface area contributed by atoms with E-state index in [9.17, 15) is 19.5 Å². The lowest BCUT2D eigenvalue weighted by atomic mass is 9.98. The molecule has 0 aliphatic rings. The van der Waals surface area contributed by atoms with Gasteiger partial charge < -0.3 is 25.4 Å². The normalized spacial score (nSPS) is 13.1. The summed E-state index contributed by atoms with van der Waals surface area (Å²) >= 11 is 0. The van der Waals surface area contributed by atoms with Gasteiger partial charge in [0.05, 0.1) is 6.61 Å². The number of benzene rings is 1. The van der Waals surface area contributed by atoms with Crippen molar-refractivity contribution in [2.45, 2.75) is 72.1 Å². The average Bonchev–Trinajstić information content (AvgIpc) is 2.66. The van der Waals surface area contributed by atoms with Crippen molar-refractivity contribution in [2.24, 2.45) is 0 Å². The van der Waals surface area contributed by atoms with Crippen molar-refractivity contribution in [2.75, 3.05) is 19.7 Å². The van der Waals surface area contributed by atoms with E-state index in [2.05, 4.69) is 10.6 Å². The van der Waals surface area contributed by atoms with Gasteiger partial charge in [0.2, 0.25) is 11.8 Å². The number of carbonyl (C=O) groups is 3. The smallest absolute Gasteiger partial charge is 0.408 e. The first-order valence-electron chi connectivity index (χ1n) is 10.7. The van der Waals surface area contributed by atoms with Gasteiger partial charge >= 0.3 is 6.09 Å². The number of ether oxygens (including phenoxy) is 1. The lowest BCUT2D eigenvalue weighted by Crippen LogP contribution is -2.50. The first kappa shape index (κ1) is 26.4. The topological polar surface area (TPSA) is 108 Å². The number of amides is 3. The largest absolute Gasteiger partial charge is 0.444 e. The lowest BCUT2D eigenvalue weighted by molar-refractivity contribution is -0.141. The van der Waals surface area contributed by atoms with Crippen LogP contribution in [0, 0.1) is 6.92 Å². The van der Waals surface area contributed by atoms with Crippen LogP contribution in [-0.4, -0.2) is 59.3 Å². The minimum absolute atomic E-state index is 0.0522. The molecule has 3 N–H and O–H groups in total. The van der Waals surface area contributed by atoms with Gasteiger partial charge in [-0.2, -0.15) is 0 Å². The second-order valence-electron chi connectivity index (χ2n) is 8.62. The number of hydrogen-bond donors (Lipinski definition) is 3. The lowest BCUT2D eigenvalue weighted by Gasteiger charge is -2.32. The first-order valence-corrected chi connectivity index (χ1v) is 10.7. The fourth-order valence-electron chi connectivity index (χ4n) is 3.24. The Labute approximate surface area is 185 Å². The number of carbonyl (C=O) groups excluding carboxylic acids is 3. The zero-order chi connectivity index (χ0) is 23.6. The molecule has 3 amide bonds. The molecular weight excluding hydrogens is 398 g/mol. The molecule has 0 bridgehead atoms. The fourth-order valence-corrected chi connectivity index (χ4v) is 3.24. The summed E-state index contributed by atoms with van der Waals surface area (Å²) in [4.78, 5) is 39.5. The molecule has 0 aromatic heterocycles. The highest BCUT2D eigenvalue weighted by Crippen LogP contribution is 2.25. The summed E-state index contributed by atoms with van der Waals surface area (Å²) in [5.41, 5.74) is 0.820. The Morgan fingerprint density at radius 2 is 1.84 bits per heavy atom. The SMILES string of the molecule is CCCC(C)NC(=O)C(c1ccccc1C)N(CCO)C(=O)CNC(=O)OC(C)(C)C. The van der Waals surface area contributed by atoms with E-state index >= 15 is 0 Å². The second kappa shape index (κ2) is 12.3. The molecule has 0 heterocycles. The summed E-state index contributed by atoms with van der Waals surface area (Å²) in [5.74, 6) is -0.819. The maximum Gasteiger partial charge on any atom is 0.408 e. The Morgan fingerprint density at radius 1 is 1.19 bits per heavy atom. The van der Waals surface area contributed by atoms with Gasteiger partial charge in [-0.15, -0.1) is 0 Å². The molecule has 8 nitrogen and oxygen atoms in total. The van der Waals surface area contributed by atoms with E-state index in [0.717, 1.165) is 18.4 Å². The molecule has 31 heavy (non-hydrogen) atoms. The van der Waals surface area contributed by atoms with Crippen LogP contribution in [0.15, 0.2) is 24.3 Å². The summed E-state index contributed by atoms with van der Waals surface area (Å²) in [7, 11) is 0. The van der Waals surface area contributed by atoms with Gasteiger partial charge in [-0.1, -0.05) is 37.6 Å². The standard InChI is InChI=1S/C23H37N3O5/c1-7-10-17(3)25-21(29)20(18-12-9-8-11-16(18)2)26(13-14-27)19(28)15-24-22(30)31-23(4,5)6/h8-9,11-12,17,20,27H,7,10,13-15H2,1-6H3,(H,24,30)(H,25,29). The molecule has 0 saturated heterocycles. The zero-order valence-electron chi connectivity index (χ0n) is 19.5. The predicted molar refractivity (Wildman–Crippen MR) is 119 cm³/mol. The van der Waals surface area contributed by atoms with Crippen LogP contribution in [0.2, 0.25) is 0 Å². The quantitative estimate of drug-likeness (QED) is 0.524. The Balaban J connectivity index is 3.14. The van der Waals surface area contributed by atoms with Crippen LogP contribution in [0.1, 0.15) is 64.6 Å². The summed E-state index contributed by atoms with van der Waals surface area (Å²) < 4.78 is 5.17. The van der Waals surface area contributed by atoms with Gasteiger partial charge in [0.1, 0.15) is 18.2 Å². The molecule has 0 aliphatic carbocycles. The van der Waals surface area contributed by atoms with Crippen molar-refractivity contribution in [3.8, 4) is 0 Å². The minimum Gasteiger partial charge on any atom is -0.444 e. The zero-order valence-corrected chi connectivity index (χ0v) is 19.5. The third-order valence-electron chi connectivity index (χ3n) is 4.60. The predicted octanol–water partition coefficient (Wildman–Crippen LogP) is 2.69. The van der Waals surface area contributed by atoms with Crippen LogP contribution in [0.3, 0.4) is 0 Å². The van der Waals surface area contributed by atoms with Crippen LogP contribution in [0.5, 0.6) is 0 Å². The van der Waals surface area contributed by atoms with E-state index in [1.807, 2.05) is 32.9 Å². The van der Waals surface area contributed by atoms with Crippen molar-refractivity contribution >= 4 is 17.9 Å². The average molecular weight is 436 g/mol. The van der Waals surface area contributed by atoms with Crippen LogP contribution in [0.4, 0.5) is 4.79 Å². The number of rotatable bonds is 10. The Bertz CT molecular complexity index is 745. The number of aryl methyl sites for hydroxylation is 1. The van der Waals surface area contributed by atoms with Gasteiger partial charge in [0.15, 0.2) is 0 Å². The molecule has 0 saturated carbocycles. The van der Waals surface area contributed by atoms with Crippen LogP contribution in [-0.2, 0) is 14.3 Å². The van der Waals surface area contributed by atoms with E-state index in [0.29, 0.717) is 5.56 Å². The van der Waals surface area contributed by atoms with Gasteiger partial charge in [-0.3, -0.25) is 9.59 Å². The van der Waals surface area contributed by atoms with Gasteiger partial charge in [0.25, 0.3) is 0 Å². The molecule has 2 unspecified atom stereocenters. The van der Waals surface area contributed by atoms with Crippen molar-refractivity contribution in [1.29, 1.82) is 0 Å². The maximum atomic E-state index is 13.2. The maximum absolute atomic E-state index is 13.2. The minimum atomic E-state index is -0.930. The van der Waals surface area contributed by atoms with E-state index in [-0.39, 0.29) is 31.6 Å². The number of alkyl carbamates (subject to hydrolysis) is 1. The highest BCUT2D eigenvalue weighted by molar-refractivity contribution is 5.90. The molecule has 1 aromatic carbocycles. The number of aliphatic hydroxyl groups excluding tert-OH is 1. The van der Waals surface area contributed by atoms with E-state index in [1.54, 1.807) is 32.9 Å². The van der Waals surface area contributed by atoms with Gasteiger partial charge in [-0.25, -0.2) is 4.79 Å². The monoisotopic (exact) mass is 435 g/mol.